The van der Waals surface area contributed by atoms with Crippen LogP contribution in [-0.4, -0.2) is 22.6 Å². The van der Waals surface area contributed by atoms with Crippen LogP contribution < -0.4 is 12.4 Å². The number of halogens is 1. The Hall–Kier alpha value is -3.37. The van der Waals surface area contributed by atoms with Gasteiger partial charge in [-0.05, 0) is 35.4 Å². The van der Waals surface area contributed by atoms with Crippen LogP contribution in [0.1, 0.15) is 34.3 Å². The smallest absolute Gasteiger partial charge is 1.00 e. The van der Waals surface area contributed by atoms with E-state index in [9.17, 15) is 10.2 Å². The zero-order valence-electron chi connectivity index (χ0n) is 18.2. The second kappa shape index (κ2) is 13.4. The van der Waals surface area contributed by atoms with E-state index in [0.29, 0.717) is 11.1 Å². The molecule has 0 aliphatic heterocycles. The van der Waals surface area contributed by atoms with Crippen molar-refractivity contribution in [1.82, 2.24) is 0 Å². The molecule has 0 aromatic heterocycles. The van der Waals surface area contributed by atoms with Crippen LogP contribution in [0.15, 0.2) is 119 Å². The molecule has 0 heterocycles. The van der Waals surface area contributed by atoms with E-state index in [2.05, 4.69) is 0 Å². The summed E-state index contributed by atoms with van der Waals surface area (Å²) in [6.45, 7) is 0. The van der Waals surface area contributed by atoms with Gasteiger partial charge in [0, 0.05) is 23.6 Å². The normalized spacial score (nSPS) is 12.6. The maximum atomic E-state index is 10.2. The van der Waals surface area contributed by atoms with Gasteiger partial charge in [0.2, 0.25) is 0 Å². The molecule has 0 aliphatic carbocycles. The van der Waals surface area contributed by atoms with Crippen molar-refractivity contribution < 1.29 is 39.7 Å². The minimum Gasteiger partial charge on any atom is -1.00 e. The Morgan fingerprint density at radius 3 is 1.18 bits per heavy atom. The van der Waals surface area contributed by atoms with Gasteiger partial charge in [-0.3, -0.25) is 9.98 Å². The van der Waals surface area contributed by atoms with E-state index in [-0.39, 0.29) is 53.1 Å². The van der Waals surface area contributed by atoms with Gasteiger partial charge >= 0.3 is 17.1 Å². The summed E-state index contributed by atoms with van der Waals surface area (Å²) in [6.07, 6.45) is 3.39. The zero-order valence-corrected chi connectivity index (χ0v) is 20.2. The summed E-state index contributed by atoms with van der Waals surface area (Å²) in [5.41, 5.74) is 3.29. The Morgan fingerprint density at radius 1 is 0.500 bits per heavy atom. The quantitative estimate of drug-likeness (QED) is 0.296. The Labute approximate surface area is 216 Å². The van der Waals surface area contributed by atoms with Crippen molar-refractivity contribution in [3.63, 3.8) is 0 Å². The Kier molecular flexibility index (Phi) is 10.6. The molecule has 4 aromatic carbocycles. The fourth-order valence-corrected chi connectivity index (χ4v) is 3.51. The number of hydrogen-bond donors (Lipinski definition) is 2. The zero-order chi connectivity index (χ0) is 22.2. The van der Waals surface area contributed by atoms with E-state index in [0.717, 1.165) is 11.1 Å². The summed E-state index contributed by atoms with van der Waals surface area (Å²) < 4.78 is 0. The molecule has 4 aromatic rings. The largest absolute Gasteiger partial charge is 2.00 e. The summed E-state index contributed by atoms with van der Waals surface area (Å²) in [5, 5.41) is 20.4. The van der Waals surface area contributed by atoms with E-state index in [4.69, 9.17) is 9.98 Å². The average molecular weight is 511 g/mol. The predicted molar refractivity (Wildman–Crippen MR) is 130 cm³/mol. The number of phenols is 2. The third-order valence-electron chi connectivity index (χ3n) is 5.20. The number of rotatable bonds is 7. The van der Waals surface area contributed by atoms with Crippen molar-refractivity contribution in [2.45, 2.75) is 12.1 Å². The molecule has 4 nitrogen and oxygen atoms in total. The van der Waals surface area contributed by atoms with Crippen LogP contribution in [0.25, 0.3) is 0 Å². The molecule has 1 radical (unpaired) electrons. The first kappa shape index (κ1) is 26.9. The number of hydrogen-bond acceptors (Lipinski definition) is 4. The maximum absolute atomic E-state index is 10.2. The Bertz CT molecular complexity index is 1120. The van der Waals surface area contributed by atoms with Crippen molar-refractivity contribution in [2.75, 3.05) is 0 Å². The van der Waals surface area contributed by atoms with Gasteiger partial charge in [0.15, 0.2) is 0 Å². The number of benzene rings is 4. The second-order valence-electron chi connectivity index (χ2n) is 7.39. The van der Waals surface area contributed by atoms with E-state index >= 15 is 0 Å². The molecule has 34 heavy (non-hydrogen) atoms. The minimum absolute atomic E-state index is 0. The molecule has 171 valence electrons. The minimum atomic E-state index is -0.333. The molecule has 4 rings (SSSR count). The van der Waals surface area contributed by atoms with Gasteiger partial charge in [0.1, 0.15) is 23.6 Å². The van der Waals surface area contributed by atoms with Crippen molar-refractivity contribution in [3.8, 4) is 11.5 Å². The molecule has 0 fully saturated rings. The maximum Gasteiger partial charge on any atom is 2.00 e. The van der Waals surface area contributed by atoms with E-state index in [1.807, 2.05) is 84.9 Å². The summed E-state index contributed by atoms with van der Waals surface area (Å²) in [4.78, 5) is 9.75. The van der Waals surface area contributed by atoms with Crippen LogP contribution in [0.2, 0.25) is 0 Å². The topological polar surface area (TPSA) is 65.2 Å². The van der Waals surface area contributed by atoms with Gasteiger partial charge in [-0.1, -0.05) is 84.9 Å². The van der Waals surface area contributed by atoms with Crippen molar-refractivity contribution in [3.05, 3.63) is 131 Å². The number of aromatic hydroxyl groups is 2. The third-order valence-corrected chi connectivity index (χ3v) is 5.20. The number of para-hydroxylation sites is 2. The van der Waals surface area contributed by atoms with Crippen LogP contribution in [0.4, 0.5) is 0 Å². The van der Waals surface area contributed by atoms with Gasteiger partial charge in [0.05, 0.1) is 0 Å². The van der Waals surface area contributed by atoms with Crippen molar-refractivity contribution >= 4 is 12.4 Å². The Balaban J connectivity index is 0.00000204. The molecule has 0 aliphatic rings. The first-order chi connectivity index (χ1) is 15.7. The monoisotopic (exact) mass is 510 g/mol. The molecule has 2 atom stereocenters. The number of nitrogens with zero attached hydrogens (tertiary/aromatic N) is 2. The van der Waals surface area contributed by atoms with Gasteiger partial charge in [-0.15, -0.1) is 0 Å². The summed E-state index contributed by atoms with van der Waals surface area (Å²) in [5.74, 6) is 0.356. The van der Waals surface area contributed by atoms with Crippen LogP contribution in [0, 0.1) is 0 Å². The molecule has 0 bridgehead atoms. The molecule has 0 saturated heterocycles. The van der Waals surface area contributed by atoms with Crippen LogP contribution >= 0.6 is 0 Å². The predicted octanol–water partition coefficient (Wildman–Crippen LogP) is 3.12. The molecular formula is C28H24ClMnN2O2+. The summed E-state index contributed by atoms with van der Waals surface area (Å²) in [6, 6.07) is 33.5. The number of phenolic OH excluding ortho intramolecular Hbond substituents is 2. The molecule has 6 heteroatoms. The fourth-order valence-electron chi connectivity index (χ4n) is 3.51. The van der Waals surface area contributed by atoms with E-state index in [1.165, 1.54) is 0 Å². The Morgan fingerprint density at radius 2 is 0.824 bits per heavy atom. The standard InChI is InChI=1S/C28H24N2O2.ClH.Mn/c31-25-17-9-7-15-23(25)19-29-27(21-11-3-1-4-12-21)28(22-13-5-2-6-14-22)30-20-24-16-8-10-18-26(24)32;;/h1-20,27-28,31-32H;1H;/q;;+2/p-1. The van der Waals surface area contributed by atoms with Crippen LogP contribution in [0.5, 0.6) is 11.5 Å². The van der Waals surface area contributed by atoms with E-state index < -0.39 is 0 Å². The second-order valence-corrected chi connectivity index (χ2v) is 7.39. The van der Waals surface area contributed by atoms with Crippen LogP contribution in [0.3, 0.4) is 0 Å². The molecule has 0 saturated carbocycles. The van der Waals surface area contributed by atoms with Gasteiger partial charge in [-0.25, -0.2) is 0 Å². The van der Waals surface area contributed by atoms with Gasteiger partial charge in [-0.2, -0.15) is 0 Å². The SMILES string of the molecule is Oc1ccccc1C=NC(c1ccccc1)C(N=Cc1ccccc1O)c1ccccc1.[Cl-].[Mn+2]. The summed E-state index contributed by atoms with van der Waals surface area (Å²) >= 11 is 0. The van der Waals surface area contributed by atoms with E-state index in [1.54, 1.807) is 36.7 Å². The average Bonchev–Trinajstić information content (AvgIpc) is 2.84. The van der Waals surface area contributed by atoms with Crippen molar-refractivity contribution in [1.29, 1.82) is 0 Å². The molecule has 2 unspecified atom stereocenters. The molecule has 2 N–H and O–H groups in total. The van der Waals surface area contributed by atoms with Gasteiger partial charge < -0.3 is 22.6 Å². The summed E-state index contributed by atoms with van der Waals surface area (Å²) in [7, 11) is 0. The van der Waals surface area contributed by atoms with Gasteiger partial charge in [0.25, 0.3) is 0 Å². The number of aliphatic imine (C=N–C) groups is 2. The fraction of sp³-hybridized carbons (Fsp3) is 0.0714. The molecule has 0 amide bonds. The third kappa shape index (κ3) is 6.82. The molecular weight excluding hydrogens is 487 g/mol. The first-order valence-electron chi connectivity index (χ1n) is 10.4. The molecule has 0 spiro atoms. The van der Waals surface area contributed by atoms with Crippen molar-refractivity contribution in [2.24, 2.45) is 9.98 Å². The van der Waals surface area contributed by atoms with Crippen LogP contribution in [-0.2, 0) is 17.1 Å². The first-order valence-corrected chi connectivity index (χ1v) is 10.4.